The number of hydrogen-bond acceptors (Lipinski definition) is 2. The quantitative estimate of drug-likeness (QED) is 0.490. The molecule has 1 heterocycles. The molecule has 0 radical (unpaired) electrons. The van der Waals surface area contributed by atoms with Crippen LogP contribution in [0.15, 0.2) is 58.1 Å². The summed E-state index contributed by atoms with van der Waals surface area (Å²) in [7, 11) is 1.28. The fourth-order valence-electron chi connectivity index (χ4n) is 2.66. The lowest BCUT2D eigenvalue weighted by Crippen LogP contribution is -2.44. The zero-order valence-electron chi connectivity index (χ0n) is 13.4. The molecule has 26 heavy (non-hydrogen) atoms. The van der Waals surface area contributed by atoms with Gasteiger partial charge in [0.1, 0.15) is 0 Å². The number of fused-ring (bicyclic) bond motifs is 1. The maximum Gasteiger partial charge on any atom is 0.444 e. The van der Waals surface area contributed by atoms with Crippen molar-refractivity contribution in [2.45, 2.75) is 6.18 Å². The molecule has 1 aromatic heterocycles. The number of benzene rings is 2. The minimum absolute atomic E-state index is 0.0684. The van der Waals surface area contributed by atoms with Gasteiger partial charge in [-0.3, -0.25) is 14.2 Å². The van der Waals surface area contributed by atoms with Crippen molar-refractivity contribution in [3.05, 3.63) is 85.7 Å². The van der Waals surface area contributed by atoms with Crippen molar-refractivity contribution in [3.63, 3.8) is 0 Å². The first-order valence-electron chi connectivity index (χ1n) is 7.36. The molecule has 0 atom stereocenters. The van der Waals surface area contributed by atoms with Crippen LogP contribution in [0.5, 0.6) is 0 Å². The van der Waals surface area contributed by atoms with Crippen molar-refractivity contribution in [2.24, 2.45) is 7.05 Å². The van der Waals surface area contributed by atoms with Crippen LogP contribution in [0.1, 0.15) is 5.56 Å². The number of aryl methyl sites for hydroxylation is 1. The van der Waals surface area contributed by atoms with Crippen LogP contribution in [0, 0.1) is 0 Å². The van der Waals surface area contributed by atoms with Gasteiger partial charge in [-0.1, -0.05) is 18.2 Å². The largest absolute Gasteiger partial charge is 0.444 e. The fraction of sp³-hybridized carbons (Fsp3) is 0.118. The zero-order valence-corrected chi connectivity index (χ0v) is 13.4. The Hall–Kier alpha value is -3.45. The van der Waals surface area contributed by atoms with Gasteiger partial charge in [0.2, 0.25) is 0 Å². The van der Waals surface area contributed by atoms with E-state index in [9.17, 15) is 22.8 Å². The van der Waals surface area contributed by atoms with Gasteiger partial charge < -0.3 is 10.1 Å². The highest BCUT2D eigenvalue weighted by Crippen LogP contribution is 2.31. The molecule has 0 aliphatic carbocycles. The van der Waals surface area contributed by atoms with Crippen molar-refractivity contribution < 1.29 is 18.0 Å². The smallest absolute Gasteiger partial charge is 0.360 e. The minimum Gasteiger partial charge on any atom is -0.360 e. The Bertz CT molecular complexity index is 1220. The molecular weight excluding hydrogens is 349 g/mol. The summed E-state index contributed by atoms with van der Waals surface area (Å²) < 4.78 is 41.3. The summed E-state index contributed by atoms with van der Waals surface area (Å²) in [4.78, 5) is 27.9. The molecule has 0 saturated carbocycles. The first-order chi connectivity index (χ1) is 12.3. The third-order valence-corrected chi connectivity index (χ3v) is 3.93. The van der Waals surface area contributed by atoms with E-state index in [-0.39, 0.29) is 16.7 Å². The number of alkyl halides is 3. The second-order valence-corrected chi connectivity index (χ2v) is 5.49. The van der Waals surface area contributed by atoms with Gasteiger partial charge in [0.05, 0.1) is 16.6 Å². The zero-order chi connectivity index (χ0) is 19.1. The Labute approximate surface area is 143 Å². The van der Waals surface area contributed by atoms with Gasteiger partial charge in [-0.25, -0.2) is 0 Å². The summed E-state index contributed by atoms with van der Waals surface area (Å²) in [5, 5.41) is -0.805. The Morgan fingerprint density at radius 3 is 2.19 bits per heavy atom. The molecule has 0 aliphatic heterocycles. The summed E-state index contributed by atoms with van der Waals surface area (Å²) in [6, 6.07) is 10.5. The number of para-hydroxylation sites is 1. The molecule has 0 saturated heterocycles. The van der Waals surface area contributed by atoms with Crippen molar-refractivity contribution in [1.82, 2.24) is 9.13 Å². The molecule has 0 unspecified atom stereocenters. The van der Waals surface area contributed by atoms with Crippen LogP contribution in [-0.2, 0) is 13.2 Å². The van der Waals surface area contributed by atoms with Crippen LogP contribution >= 0.6 is 0 Å². The van der Waals surface area contributed by atoms with Crippen molar-refractivity contribution in [1.29, 1.82) is 0 Å². The average molecular weight is 360 g/mol. The third kappa shape index (κ3) is 2.74. The van der Waals surface area contributed by atoms with Crippen LogP contribution in [-0.4, -0.2) is 13.9 Å². The number of halogens is 3. The number of aromatic nitrogens is 2. The van der Waals surface area contributed by atoms with E-state index in [1.54, 1.807) is 18.2 Å². The van der Waals surface area contributed by atoms with E-state index < -0.39 is 28.2 Å². The first-order valence-corrected chi connectivity index (χ1v) is 7.36. The van der Waals surface area contributed by atoms with E-state index in [0.29, 0.717) is 0 Å². The predicted molar refractivity (Wildman–Crippen MR) is 86.5 cm³/mol. The van der Waals surface area contributed by atoms with E-state index in [1.807, 2.05) is 0 Å². The molecule has 3 rings (SSSR count). The molecule has 0 amide bonds. The second-order valence-electron chi connectivity index (χ2n) is 5.49. The minimum atomic E-state index is -4.64. The molecule has 0 spiro atoms. The van der Waals surface area contributed by atoms with Crippen molar-refractivity contribution >= 4 is 11.0 Å². The average Bonchev–Trinajstić information content (AvgIpc) is 2.68. The molecule has 0 fully saturated rings. The highest BCUT2D eigenvalue weighted by Gasteiger charge is 2.31. The molecule has 9 heteroatoms. The number of nitrogens with zero attached hydrogens (tertiary/aromatic N) is 4. The third-order valence-electron chi connectivity index (χ3n) is 3.93. The maximum absolute atomic E-state index is 13.2. The van der Waals surface area contributed by atoms with Gasteiger partial charge in [-0.05, 0) is 30.3 Å². The highest BCUT2D eigenvalue weighted by molar-refractivity contribution is 5.77. The second kappa shape index (κ2) is 6.12. The fourth-order valence-corrected chi connectivity index (χ4v) is 2.66. The topological polar surface area (TPSA) is 80.4 Å². The van der Waals surface area contributed by atoms with E-state index in [4.69, 9.17) is 5.53 Å². The standard InChI is InChI=1S/C17H11F3N4O2/c1-23-12-8-7-10(17(18,19)20)9-13(12)24(11-5-3-2-4-6-11)16(26)14(22-21)15(23)25/h2-9H,1H3. The lowest BCUT2D eigenvalue weighted by Gasteiger charge is -2.11. The SMILES string of the molecule is Cn1c(=O)c(=[N+]=[N-])c(=O)n(-c2ccccc2)c2cc(C(F)(F)F)ccc21. The summed E-state index contributed by atoms with van der Waals surface area (Å²) in [6.07, 6.45) is -4.64. The molecule has 6 nitrogen and oxygen atoms in total. The van der Waals surface area contributed by atoms with Crippen LogP contribution in [0.4, 0.5) is 13.2 Å². The molecule has 0 aliphatic rings. The van der Waals surface area contributed by atoms with Crippen LogP contribution in [0.2, 0.25) is 0 Å². The Balaban J connectivity index is 2.71. The Morgan fingerprint density at radius 1 is 0.962 bits per heavy atom. The van der Waals surface area contributed by atoms with Crippen LogP contribution in [0.25, 0.3) is 22.3 Å². The molecule has 3 aromatic rings. The monoisotopic (exact) mass is 360 g/mol. The summed E-state index contributed by atoms with van der Waals surface area (Å²) in [5.74, 6) is 0. The molecule has 0 bridgehead atoms. The van der Waals surface area contributed by atoms with E-state index in [0.717, 1.165) is 27.3 Å². The van der Waals surface area contributed by atoms with Gasteiger partial charge in [0.15, 0.2) is 0 Å². The number of hydrogen-bond donors (Lipinski definition) is 0. The van der Waals surface area contributed by atoms with Crippen molar-refractivity contribution in [2.75, 3.05) is 0 Å². The normalized spacial score (nSPS) is 11.4. The Kier molecular flexibility index (Phi) is 4.09. The van der Waals surface area contributed by atoms with Gasteiger partial charge in [0, 0.05) is 12.7 Å². The molecule has 2 aromatic carbocycles. The van der Waals surface area contributed by atoms with Crippen molar-refractivity contribution in [3.8, 4) is 5.69 Å². The molecule has 132 valence electrons. The van der Waals surface area contributed by atoms with E-state index in [1.165, 1.54) is 19.2 Å². The van der Waals surface area contributed by atoms with Crippen LogP contribution < -0.4 is 16.5 Å². The highest BCUT2D eigenvalue weighted by atomic mass is 19.4. The summed E-state index contributed by atoms with van der Waals surface area (Å²) in [6.45, 7) is 0. The first kappa shape index (κ1) is 17.4. The van der Waals surface area contributed by atoms with Crippen LogP contribution in [0.3, 0.4) is 0 Å². The Morgan fingerprint density at radius 2 is 1.62 bits per heavy atom. The lowest BCUT2D eigenvalue weighted by atomic mass is 10.2. The van der Waals surface area contributed by atoms with Gasteiger partial charge in [-0.2, -0.15) is 18.0 Å². The number of rotatable bonds is 1. The maximum atomic E-state index is 13.2. The molecular formula is C17H11F3N4O2. The lowest BCUT2D eigenvalue weighted by molar-refractivity contribution is -0.137. The molecule has 0 N–H and O–H groups in total. The summed E-state index contributed by atoms with van der Waals surface area (Å²) in [5.41, 5.74) is 6.32. The van der Waals surface area contributed by atoms with Gasteiger partial charge >= 0.3 is 22.7 Å². The van der Waals surface area contributed by atoms with E-state index in [2.05, 4.69) is 4.79 Å². The van der Waals surface area contributed by atoms with Gasteiger partial charge in [-0.15, -0.1) is 0 Å². The predicted octanol–water partition coefficient (Wildman–Crippen LogP) is 1.84. The van der Waals surface area contributed by atoms with Gasteiger partial charge in [0.25, 0.3) is 0 Å². The summed E-state index contributed by atoms with van der Waals surface area (Å²) >= 11 is 0. The van der Waals surface area contributed by atoms with E-state index >= 15 is 0 Å².